The van der Waals surface area contributed by atoms with Gasteiger partial charge < -0.3 is 15.0 Å². The molecular weight excluding hydrogens is 302 g/mol. The number of methoxy groups -OCH3 is 1. The van der Waals surface area contributed by atoms with E-state index in [2.05, 4.69) is 22.4 Å². The van der Waals surface area contributed by atoms with Gasteiger partial charge in [-0.2, -0.15) is 0 Å². The fourth-order valence-corrected chi connectivity index (χ4v) is 2.49. The van der Waals surface area contributed by atoms with Crippen LogP contribution in [0.2, 0.25) is 0 Å². The third-order valence-corrected chi connectivity index (χ3v) is 3.94. The van der Waals surface area contributed by atoms with Crippen molar-refractivity contribution in [3.05, 3.63) is 53.9 Å². The van der Waals surface area contributed by atoms with E-state index >= 15 is 0 Å². The van der Waals surface area contributed by atoms with E-state index in [1.165, 1.54) is 5.56 Å². The average molecular weight is 327 g/mol. The third-order valence-electron chi connectivity index (χ3n) is 3.94. The molecule has 2 aromatic rings. The normalized spacial score (nSPS) is 10.3. The predicted octanol–water partition coefficient (Wildman–Crippen LogP) is 3.23. The molecule has 0 aliphatic heterocycles. The molecule has 1 aromatic heterocycles. The Hall–Kier alpha value is -2.56. The van der Waals surface area contributed by atoms with Crippen LogP contribution in [-0.4, -0.2) is 42.5 Å². The summed E-state index contributed by atoms with van der Waals surface area (Å²) in [4.78, 5) is 18.3. The van der Waals surface area contributed by atoms with Gasteiger partial charge in [0.1, 0.15) is 5.75 Å². The standard InChI is InChI=1S/C19H25N3O2/c1-4-22(5-2)19(23)16-12-17(14-20-13-16)21-11-10-15-6-8-18(24-3)9-7-15/h6-9,12-14,21H,4-5,10-11H2,1-3H3. The Balaban J connectivity index is 1.93. The molecule has 24 heavy (non-hydrogen) atoms. The number of anilines is 1. The van der Waals surface area contributed by atoms with Crippen LogP contribution in [0.3, 0.4) is 0 Å². The van der Waals surface area contributed by atoms with E-state index in [0.29, 0.717) is 18.7 Å². The molecule has 5 heteroatoms. The number of pyridine rings is 1. The zero-order valence-corrected chi connectivity index (χ0v) is 14.6. The summed E-state index contributed by atoms with van der Waals surface area (Å²) in [6, 6.07) is 9.89. The number of carbonyl (C=O) groups is 1. The Morgan fingerprint density at radius 2 is 1.88 bits per heavy atom. The van der Waals surface area contributed by atoms with Gasteiger partial charge in [0.25, 0.3) is 5.91 Å². The Kier molecular flexibility index (Phi) is 6.61. The maximum atomic E-state index is 12.4. The van der Waals surface area contributed by atoms with Crippen LogP contribution in [0.1, 0.15) is 29.8 Å². The number of nitrogens with zero attached hydrogens (tertiary/aromatic N) is 2. The van der Waals surface area contributed by atoms with Crippen molar-refractivity contribution in [3.8, 4) is 5.75 Å². The molecule has 5 nitrogen and oxygen atoms in total. The molecule has 2 rings (SSSR count). The number of aromatic nitrogens is 1. The van der Waals surface area contributed by atoms with Gasteiger partial charge in [-0.3, -0.25) is 9.78 Å². The number of hydrogen-bond acceptors (Lipinski definition) is 4. The number of benzene rings is 1. The van der Waals surface area contributed by atoms with Gasteiger partial charge in [-0.25, -0.2) is 0 Å². The molecular formula is C19H25N3O2. The van der Waals surface area contributed by atoms with Gasteiger partial charge in [-0.05, 0) is 44.0 Å². The van der Waals surface area contributed by atoms with Crippen molar-refractivity contribution in [1.29, 1.82) is 0 Å². The summed E-state index contributed by atoms with van der Waals surface area (Å²) in [5.41, 5.74) is 2.71. The highest BCUT2D eigenvalue weighted by atomic mass is 16.5. The lowest BCUT2D eigenvalue weighted by Gasteiger charge is -2.18. The van der Waals surface area contributed by atoms with Crippen LogP contribution in [0.5, 0.6) is 5.75 Å². The minimum absolute atomic E-state index is 0.0197. The molecule has 0 bridgehead atoms. The van der Waals surface area contributed by atoms with Crippen LogP contribution < -0.4 is 10.1 Å². The first-order chi connectivity index (χ1) is 11.7. The molecule has 0 radical (unpaired) electrons. The Bertz CT molecular complexity index is 652. The molecule has 0 fully saturated rings. The number of amides is 1. The SMILES string of the molecule is CCN(CC)C(=O)c1cncc(NCCc2ccc(OC)cc2)c1. The molecule has 1 amide bonds. The number of carbonyl (C=O) groups excluding carboxylic acids is 1. The van der Waals surface area contributed by atoms with Crippen molar-refractivity contribution in [2.24, 2.45) is 0 Å². The zero-order valence-electron chi connectivity index (χ0n) is 14.6. The lowest BCUT2D eigenvalue weighted by molar-refractivity contribution is 0.0772. The van der Waals surface area contributed by atoms with Gasteiger partial charge >= 0.3 is 0 Å². The highest BCUT2D eigenvalue weighted by Gasteiger charge is 2.13. The van der Waals surface area contributed by atoms with E-state index in [1.807, 2.05) is 32.0 Å². The molecule has 0 aliphatic rings. The quantitative estimate of drug-likeness (QED) is 0.809. The van der Waals surface area contributed by atoms with Gasteiger partial charge in [-0.15, -0.1) is 0 Å². The average Bonchev–Trinajstić information content (AvgIpc) is 2.63. The summed E-state index contributed by atoms with van der Waals surface area (Å²) in [6.45, 7) is 6.13. The van der Waals surface area contributed by atoms with E-state index in [9.17, 15) is 4.79 Å². The first kappa shape index (κ1) is 17.8. The lowest BCUT2D eigenvalue weighted by Crippen LogP contribution is -2.30. The summed E-state index contributed by atoms with van der Waals surface area (Å²) in [7, 11) is 1.66. The summed E-state index contributed by atoms with van der Waals surface area (Å²) in [5.74, 6) is 0.879. The van der Waals surface area contributed by atoms with Crippen LogP contribution in [0.15, 0.2) is 42.7 Å². The van der Waals surface area contributed by atoms with Crippen LogP contribution in [0.4, 0.5) is 5.69 Å². The number of ether oxygens (including phenoxy) is 1. The lowest BCUT2D eigenvalue weighted by atomic mass is 10.1. The van der Waals surface area contributed by atoms with Gasteiger partial charge in [0.15, 0.2) is 0 Å². The van der Waals surface area contributed by atoms with Crippen molar-refractivity contribution in [2.45, 2.75) is 20.3 Å². The first-order valence-electron chi connectivity index (χ1n) is 8.29. The van der Waals surface area contributed by atoms with E-state index in [-0.39, 0.29) is 5.91 Å². The Morgan fingerprint density at radius 3 is 2.50 bits per heavy atom. The summed E-state index contributed by atoms with van der Waals surface area (Å²) in [6.07, 6.45) is 4.25. The van der Waals surface area contributed by atoms with Crippen molar-refractivity contribution in [3.63, 3.8) is 0 Å². The summed E-state index contributed by atoms with van der Waals surface area (Å²) in [5, 5.41) is 3.33. The van der Waals surface area contributed by atoms with Crippen LogP contribution in [0.25, 0.3) is 0 Å². The molecule has 0 atom stereocenters. The molecule has 128 valence electrons. The molecule has 0 unspecified atom stereocenters. The maximum Gasteiger partial charge on any atom is 0.255 e. The highest BCUT2D eigenvalue weighted by Crippen LogP contribution is 2.13. The molecule has 0 spiro atoms. The molecule has 0 aliphatic carbocycles. The van der Waals surface area contributed by atoms with E-state index < -0.39 is 0 Å². The fraction of sp³-hybridized carbons (Fsp3) is 0.368. The fourth-order valence-electron chi connectivity index (χ4n) is 2.49. The van der Waals surface area contributed by atoms with Crippen molar-refractivity contribution >= 4 is 11.6 Å². The molecule has 0 saturated heterocycles. The second-order valence-corrected chi connectivity index (χ2v) is 5.46. The van der Waals surface area contributed by atoms with Gasteiger partial charge in [0.2, 0.25) is 0 Å². The minimum Gasteiger partial charge on any atom is -0.497 e. The highest BCUT2D eigenvalue weighted by molar-refractivity contribution is 5.94. The summed E-state index contributed by atoms with van der Waals surface area (Å²) >= 11 is 0. The van der Waals surface area contributed by atoms with E-state index in [4.69, 9.17) is 4.74 Å². The van der Waals surface area contributed by atoms with Gasteiger partial charge in [-0.1, -0.05) is 12.1 Å². The zero-order chi connectivity index (χ0) is 17.4. The molecule has 1 N–H and O–H groups in total. The third kappa shape index (κ3) is 4.72. The second kappa shape index (κ2) is 8.91. The van der Waals surface area contributed by atoms with Crippen molar-refractivity contribution < 1.29 is 9.53 Å². The van der Waals surface area contributed by atoms with E-state index in [1.54, 1.807) is 24.4 Å². The largest absolute Gasteiger partial charge is 0.497 e. The van der Waals surface area contributed by atoms with Crippen LogP contribution >= 0.6 is 0 Å². The van der Waals surface area contributed by atoms with Crippen LogP contribution in [0, 0.1) is 0 Å². The van der Waals surface area contributed by atoms with Crippen molar-refractivity contribution in [1.82, 2.24) is 9.88 Å². The first-order valence-corrected chi connectivity index (χ1v) is 8.29. The smallest absolute Gasteiger partial charge is 0.255 e. The molecule has 0 saturated carbocycles. The maximum absolute atomic E-state index is 12.4. The molecule has 1 heterocycles. The van der Waals surface area contributed by atoms with Gasteiger partial charge in [0.05, 0.1) is 18.4 Å². The summed E-state index contributed by atoms with van der Waals surface area (Å²) < 4.78 is 5.16. The van der Waals surface area contributed by atoms with Crippen LogP contribution in [-0.2, 0) is 6.42 Å². The number of rotatable bonds is 8. The van der Waals surface area contributed by atoms with Gasteiger partial charge in [0, 0.05) is 32.0 Å². The second-order valence-electron chi connectivity index (χ2n) is 5.46. The Morgan fingerprint density at radius 1 is 1.17 bits per heavy atom. The van der Waals surface area contributed by atoms with Crippen molar-refractivity contribution in [2.75, 3.05) is 32.1 Å². The monoisotopic (exact) mass is 327 g/mol. The number of nitrogens with one attached hydrogen (secondary N) is 1. The number of hydrogen-bond donors (Lipinski definition) is 1. The minimum atomic E-state index is 0.0197. The predicted molar refractivity (Wildman–Crippen MR) is 96.7 cm³/mol. The Labute approximate surface area is 143 Å². The topological polar surface area (TPSA) is 54.5 Å². The molecule has 1 aromatic carbocycles. The van der Waals surface area contributed by atoms with E-state index in [0.717, 1.165) is 24.4 Å².